The van der Waals surface area contributed by atoms with E-state index in [1.165, 1.54) is 43.1 Å². The van der Waals surface area contributed by atoms with Gasteiger partial charge in [0.05, 0.1) is 13.2 Å². The van der Waals surface area contributed by atoms with Gasteiger partial charge in [-0.05, 0) is 37.7 Å². The molecule has 1 aromatic carbocycles. The Kier molecular flexibility index (Phi) is 5.48. The summed E-state index contributed by atoms with van der Waals surface area (Å²) >= 11 is 0. The summed E-state index contributed by atoms with van der Waals surface area (Å²) in [5.41, 5.74) is 0.735. The molecule has 0 saturated carbocycles. The number of aryl methyl sites for hydroxylation is 1. The summed E-state index contributed by atoms with van der Waals surface area (Å²) in [5, 5.41) is 2.72. The van der Waals surface area contributed by atoms with Crippen LogP contribution in [0.4, 0.5) is 4.39 Å². The van der Waals surface area contributed by atoms with E-state index in [0.29, 0.717) is 5.56 Å². The van der Waals surface area contributed by atoms with Crippen molar-refractivity contribution in [1.82, 2.24) is 14.6 Å². The van der Waals surface area contributed by atoms with Gasteiger partial charge in [-0.2, -0.15) is 0 Å². The van der Waals surface area contributed by atoms with Crippen LogP contribution in [0.25, 0.3) is 0 Å². The van der Waals surface area contributed by atoms with E-state index in [-0.39, 0.29) is 16.3 Å². The van der Waals surface area contributed by atoms with Gasteiger partial charge in [-0.15, -0.1) is 0 Å². The van der Waals surface area contributed by atoms with Gasteiger partial charge < -0.3 is 14.6 Å². The van der Waals surface area contributed by atoms with Gasteiger partial charge in [-0.3, -0.25) is 4.79 Å². The lowest BCUT2D eigenvalue weighted by Gasteiger charge is -2.15. The first kappa shape index (κ1) is 18.9. The first-order valence-corrected chi connectivity index (χ1v) is 8.92. The Bertz CT molecular complexity index is 893. The molecule has 0 aliphatic carbocycles. The fourth-order valence-corrected chi connectivity index (χ4v) is 3.13. The number of sulfonamides is 1. The minimum Gasteiger partial charge on any atom is -0.494 e. The van der Waals surface area contributed by atoms with Crippen molar-refractivity contribution in [1.29, 1.82) is 0 Å². The first-order chi connectivity index (χ1) is 11.7. The zero-order valence-corrected chi connectivity index (χ0v) is 15.1. The van der Waals surface area contributed by atoms with Gasteiger partial charge in [0.15, 0.2) is 11.6 Å². The number of carbonyl (C=O) groups is 1. The number of carbonyl (C=O) groups excluding carboxylic acids is 1. The second-order valence-electron chi connectivity index (χ2n) is 5.47. The fraction of sp³-hybridized carbons (Fsp3) is 0.312. The van der Waals surface area contributed by atoms with Gasteiger partial charge in [0.1, 0.15) is 10.6 Å². The summed E-state index contributed by atoms with van der Waals surface area (Å²) in [6.07, 6.45) is 1.35. The Labute approximate surface area is 145 Å². The summed E-state index contributed by atoms with van der Waals surface area (Å²) in [6.45, 7) is 1.70. The molecule has 0 aliphatic heterocycles. The number of benzene rings is 1. The molecule has 1 aromatic heterocycles. The lowest BCUT2D eigenvalue weighted by atomic mass is 10.1. The molecule has 1 heterocycles. The zero-order chi connectivity index (χ0) is 18.8. The highest BCUT2D eigenvalue weighted by Crippen LogP contribution is 2.22. The Balaban J connectivity index is 2.21. The van der Waals surface area contributed by atoms with Crippen molar-refractivity contribution in [3.63, 3.8) is 0 Å². The third-order valence-electron chi connectivity index (χ3n) is 3.81. The Hall–Kier alpha value is -2.39. The van der Waals surface area contributed by atoms with Crippen LogP contribution < -0.4 is 14.8 Å². The number of rotatable bonds is 6. The number of ether oxygens (including phenoxy) is 1. The minimum absolute atomic E-state index is 0.00852. The van der Waals surface area contributed by atoms with Crippen molar-refractivity contribution in [2.45, 2.75) is 17.9 Å². The normalized spacial score (nSPS) is 12.7. The molecule has 1 amide bonds. The number of aromatic nitrogens is 1. The molecule has 0 bridgehead atoms. The number of nitrogens with zero attached hydrogens (tertiary/aromatic N) is 1. The SMILES string of the molecule is CNS(=O)(=O)c1cc(C(=O)N[C@H](C)c2ccc(OC)c(F)c2)n(C)c1. The van der Waals surface area contributed by atoms with Crippen LogP contribution in [-0.4, -0.2) is 33.0 Å². The van der Waals surface area contributed by atoms with Gasteiger partial charge in [0.2, 0.25) is 10.0 Å². The van der Waals surface area contributed by atoms with Crippen molar-refractivity contribution in [3.05, 3.63) is 47.5 Å². The van der Waals surface area contributed by atoms with E-state index in [9.17, 15) is 17.6 Å². The van der Waals surface area contributed by atoms with E-state index in [4.69, 9.17) is 4.74 Å². The highest BCUT2D eigenvalue weighted by molar-refractivity contribution is 7.89. The van der Waals surface area contributed by atoms with Crippen LogP contribution >= 0.6 is 0 Å². The van der Waals surface area contributed by atoms with Crippen LogP contribution in [0.3, 0.4) is 0 Å². The van der Waals surface area contributed by atoms with Crippen LogP contribution in [0.15, 0.2) is 35.4 Å². The predicted octanol–water partition coefficient (Wildman–Crippen LogP) is 1.57. The topological polar surface area (TPSA) is 89.4 Å². The largest absolute Gasteiger partial charge is 0.494 e. The van der Waals surface area contributed by atoms with Crippen molar-refractivity contribution in [2.75, 3.05) is 14.2 Å². The van der Waals surface area contributed by atoms with Crippen molar-refractivity contribution >= 4 is 15.9 Å². The number of methoxy groups -OCH3 is 1. The Morgan fingerprint density at radius 1 is 1.32 bits per heavy atom. The van der Waals surface area contributed by atoms with E-state index in [2.05, 4.69) is 10.0 Å². The molecular formula is C16H20FN3O4S. The number of nitrogens with one attached hydrogen (secondary N) is 2. The van der Waals surface area contributed by atoms with E-state index >= 15 is 0 Å². The van der Waals surface area contributed by atoms with Gasteiger partial charge in [-0.25, -0.2) is 17.5 Å². The molecule has 0 saturated heterocycles. The molecule has 1 atom stereocenters. The zero-order valence-electron chi connectivity index (χ0n) is 14.3. The molecule has 2 rings (SSSR count). The average molecular weight is 369 g/mol. The van der Waals surface area contributed by atoms with Gasteiger partial charge in [0, 0.05) is 13.2 Å². The third-order valence-corrected chi connectivity index (χ3v) is 5.20. The lowest BCUT2D eigenvalue weighted by Crippen LogP contribution is -2.28. The second kappa shape index (κ2) is 7.24. The van der Waals surface area contributed by atoms with Gasteiger partial charge in [0.25, 0.3) is 5.91 Å². The molecule has 2 N–H and O–H groups in total. The average Bonchev–Trinajstić information content (AvgIpc) is 2.97. The fourth-order valence-electron chi connectivity index (χ4n) is 2.33. The second-order valence-corrected chi connectivity index (χ2v) is 7.36. The third kappa shape index (κ3) is 3.99. The number of hydrogen-bond donors (Lipinski definition) is 2. The van der Waals surface area contributed by atoms with Crippen LogP contribution in [0.5, 0.6) is 5.75 Å². The maximum absolute atomic E-state index is 13.8. The maximum atomic E-state index is 13.8. The molecule has 7 nitrogen and oxygen atoms in total. The molecule has 136 valence electrons. The Morgan fingerprint density at radius 3 is 2.56 bits per heavy atom. The predicted molar refractivity (Wildman–Crippen MR) is 90.5 cm³/mol. The first-order valence-electron chi connectivity index (χ1n) is 7.43. The van der Waals surface area contributed by atoms with Crippen molar-refractivity contribution < 1.29 is 22.3 Å². The van der Waals surface area contributed by atoms with E-state index in [1.807, 2.05) is 0 Å². The number of amides is 1. The molecule has 0 fully saturated rings. The monoisotopic (exact) mass is 369 g/mol. The molecule has 0 unspecified atom stereocenters. The van der Waals surface area contributed by atoms with E-state index in [0.717, 1.165) is 0 Å². The summed E-state index contributed by atoms with van der Waals surface area (Å²) in [4.78, 5) is 12.4. The maximum Gasteiger partial charge on any atom is 0.268 e. The highest BCUT2D eigenvalue weighted by Gasteiger charge is 2.20. The quantitative estimate of drug-likeness (QED) is 0.809. The standard InChI is InChI=1S/C16H20FN3O4S/c1-10(11-5-6-15(24-4)13(17)7-11)19-16(21)14-8-12(9-20(14)3)25(22,23)18-2/h5-10,18H,1-4H3,(H,19,21)/t10-/m1/s1. The summed E-state index contributed by atoms with van der Waals surface area (Å²) < 4.78 is 45.9. The van der Waals surface area contributed by atoms with E-state index in [1.54, 1.807) is 20.0 Å². The molecule has 0 spiro atoms. The summed E-state index contributed by atoms with van der Waals surface area (Å²) in [7, 11) is 0.594. The minimum atomic E-state index is -3.64. The van der Waals surface area contributed by atoms with Gasteiger partial charge >= 0.3 is 0 Å². The smallest absolute Gasteiger partial charge is 0.268 e. The number of halogens is 1. The summed E-state index contributed by atoms with van der Waals surface area (Å²) in [5.74, 6) is -0.877. The molecule has 9 heteroatoms. The molecule has 0 radical (unpaired) electrons. The van der Waals surface area contributed by atoms with Crippen molar-refractivity contribution in [2.24, 2.45) is 7.05 Å². The Morgan fingerprint density at radius 2 is 2.00 bits per heavy atom. The van der Waals surface area contributed by atoms with Crippen molar-refractivity contribution in [3.8, 4) is 5.75 Å². The van der Waals surface area contributed by atoms with Crippen LogP contribution in [0.1, 0.15) is 29.0 Å². The lowest BCUT2D eigenvalue weighted by molar-refractivity contribution is 0.0931. The van der Waals surface area contributed by atoms with Crippen LogP contribution in [0, 0.1) is 5.82 Å². The molecule has 0 aliphatic rings. The van der Waals surface area contributed by atoms with Crippen LogP contribution in [-0.2, 0) is 17.1 Å². The molecule has 25 heavy (non-hydrogen) atoms. The van der Waals surface area contributed by atoms with Crippen LogP contribution in [0.2, 0.25) is 0 Å². The summed E-state index contributed by atoms with van der Waals surface area (Å²) in [6, 6.07) is 5.21. The number of hydrogen-bond acceptors (Lipinski definition) is 4. The van der Waals surface area contributed by atoms with Gasteiger partial charge in [-0.1, -0.05) is 6.07 Å². The molecular weight excluding hydrogens is 349 g/mol. The molecule has 2 aromatic rings. The highest BCUT2D eigenvalue weighted by atomic mass is 32.2. The van der Waals surface area contributed by atoms with E-state index < -0.39 is 27.8 Å².